The predicted octanol–water partition coefficient (Wildman–Crippen LogP) is 0.746. The van der Waals surface area contributed by atoms with E-state index in [2.05, 4.69) is 16.3 Å². The molecule has 139 valence electrons. The molecule has 0 aromatic carbocycles. The van der Waals surface area contributed by atoms with Crippen molar-refractivity contribution in [3.8, 4) is 6.07 Å². The van der Waals surface area contributed by atoms with Crippen molar-refractivity contribution in [2.75, 3.05) is 26.3 Å². The van der Waals surface area contributed by atoms with Gasteiger partial charge in [0.25, 0.3) is 0 Å². The van der Waals surface area contributed by atoms with Gasteiger partial charge in [-0.05, 0) is 32.1 Å². The zero-order valence-corrected chi connectivity index (χ0v) is 15.2. The maximum atomic E-state index is 12.2. The van der Waals surface area contributed by atoms with E-state index in [1.807, 2.05) is 0 Å². The number of nitrogens with zero attached hydrogens (tertiary/aromatic N) is 2. The third-order valence-electron chi connectivity index (χ3n) is 5.40. The van der Waals surface area contributed by atoms with Gasteiger partial charge in [-0.25, -0.2) is 0 Å². The Labute approximate surface area is 149 Å². The third-order valence-corrected chi connectivity index (χ3v) is 5.40. The molecule has 0 aromatic heterocycles. The fraction of sp³-hybridized carbons (Fsp3) is 0.778. The van der Waals surface area contributed by atoms with Gasteiger partial charge >= 0.3 is 0 Å². The van der Waals surface area contributed by atoms with Crippen LogP contribution in [0, 0.1) is 23.2 Å². The van der Waals surface area contributed by atoms with E-state index in [-0.39, 0.29) is 12.3 Å². The van der Waals surface area contributed by atoms with Crippen LogP contribution in [-0.4, -0.2) is 54.6 Å². The molecule has 2 amide bonds. The van der Waals surface area contributed by atoms with Crippen LogP contribution in [0.15, 0.2) is 0 Å². The van der Waals surface area contributed by atoms with E-state index in [1.165, 1.54) is 6.42 Å². The van der Waals surface area contributed by atoms with Gasteiger partial charge in [0.1, 0.15) is 5.54 Å². The maximum Gasteiger partial charge on any atom is 0.225 e. The molecule has 2 aliphatic heterocycles. The SMILES string of the molecule is CC(C)(C[CH]C(=O)NC1(C#N)CCN(C2CCOCC2)CC1)C(N)=O. The van der Waals surface area contributed by atoms with Crippen molar-refractivity contribution >= 4 is 11.8 Å². The highest BCUT2D eigenvalue weighted by molar-refractivity contribution is 5.87. The number of amides is 2. The number of hydrogen-bond acceptors (Lipinski definition) is 5. The lowest BCUT2D eigenvalue weighted by Crippen LogP contribution is -2.56. The molecule has 0 bridgehead atoms. The third kappa shape index (κ3) is 5.16. The van der Waals surface area contributed by atoms with E-state index >= 15 is 0 Å². The van der Waals surface area contributed by atoms with Gasteiger partial charge in [0.05, 0.1) is 12.5 Å². The highest BCUT2D eigenvalue weighted by atomic mass is 16.5. The minimum atomic E-state index is -0.827. The first-order valence-electron chi connectivity index (χ1n) is 8.96. The fourth-order valence-electron chi connectivity index (χ4n) is 3.32. The minimum Gasteiger partial charge on any atom is -0.381 e. The molecule has 2 rings (SSSR count). The van der Waals surface area contributed by atoms with Crippen molar-refractivity contribution < 1.29 is 14.3 Å². The van der Waals surface area contributed by atoms with Gasteiger partial charge in [-0.1, -0.05) is 13.8 Å². The Morgan fingerprint density at radius 3 is 2.48 bits per heavy atom. The molecule has 0 spiro atoms. The van der Waals surface area contributed by atoms with E-state index < -0.39 is 16.9 Å². The Bertz CT molecular complexity index is 527. The molecule has 0 atom stereocenters. The number of carbonyl (C=O) groups excluding carboxylic acids is 2. The second-order valence-corrected chi connectivity index (χ2v) is 7.72. The van der Waals surface area contributed by atoms with Gasteiger partial charge in [-0.2, -0.15) is 5.26 Å². The van der Waals surface area contributed by atoms with Crippen molar-refractivity contribution in [2.24, 2.45) is 11.1 Å². The number of nitriles is 1. The number of likely N-dealkylation sites (tertiary alicyclic amines) is 1. The Balaban J connectivity index is 1.84. The Morgan fingerprint density at radius 2 is 1.96 bits per heavy atom. The van der Waals surface area contributed by atoms with Gasteiger partial charge in [-0.3, -0.25) is 14.5 Å². The predicted molar refractivity (Wildman–Crippen MR) is 93.0 cm³/mol. The van der Waals surface area contributed by atoms with E-state index in [0.717, 1.165) is 39.1 Å². The maximum absolute atomic E-state index is 12.2. The van der Waals surface area contributed by atoms with Crippen molar-refractivity contribution in [1.29, 1.82) is 5.26 Å². The Hall–Kier alpha value is -1.65. The standard InChI is InChI=1S/C18H29N4O3/c1-17(2,16(20)24)6-3-15(23)21-18(13-19)7-9-22(10-8-18)14-4-11-25-12-5-14/h3,14H,4-12H2,1-2H3,(H2,20,24)(H,21,23). The van der Waals surface area contributed by atoms with Crippen LogP contribution in [0.2, 0.25) is 0 Å². The molecule has 3 N–H and O–H groups in total. The molecule has 2 fully saturated rings. The van der Waals surface area contributed by atoms with E-state index in [9.17, 15) is 14.9 Å². The molecule has 0 aromatic rings. The summed E-state index contributed by atoms with van der Waals surface area (Å²) in [4.78, 5) is 26.0. The monoisotopic (exact) mass is 349 g/mol. The lowest BCUT2D eigenvalue weighted by atomic mass is 9.85. The zero-order chi connectivity index (χ0) is 18.5. The summed E-state index contributed by atoms with van der Waals surface area (Å²) in [5.41, 5.74) is 3.72. The summed E-state index contributed by atoms with van der Waals surface area (Å²) in [6, 6.07) is 2.81. The molecular formula is C18H29N4O3. The second-order valence-electron chi connectivity index (χ2n) is 7.72. The Morgan fingerprint density at radius 1 is 1.36 bits per heavy atom. The average Bonchev–Trinajstić information content (AvgIpc) is 2.61. The number of nitrogens with two attached hydrogens (primary N) is 1. The minimum absolute atomic E-state index is 0.254. The zero-order valence-electron chi connectivity index (χ0n) is 15.2. The molecule has 2 heterocycles. The van der Waals surface area contributed by atoms with Gasteiger partial charge in [0, 0.05) is 37.8 Å². The highest BCUT2D eigenvalue weighted by Gasteiger charge is 2.38. The van der Waals surface area contributed by atoms with Crippen LogP contribution in [-0.2, 0) is 14.3 Å². The molecule has 7 heteroatoms. The van der Waals surface area contributed by atoms with Gasteiger partial charge in [-0.15, -0.1) is 0 Å². The first kappa shape index (κ1) is 19.7. The Kier molecular flexibility index (Phi) is 6.42. The molecular weight excluding hydrogens is 320 g/mol. The van der Waals surface area contributed by atoms with Crippen LogP contribution in [0.5, 0.6) is 0 Å². The summed E-state index contributed by atoms with van der Waals surface area (Å²) in [5, 5.41) is 12.5. The van der Waals surface area contributed by atoms with E-state index in [1.54, 1.807) is 13.8 Å². The highest BCUT2D eigenvalue weighted by Crippen LogP contribution is 2.27. The topological polar surface area (TPSA) is 108 Å². The van der Waals surface area contributed by atoms with Crippen LogP contribution in [0.3, 0.4) is 0 Å². The summed E-state index contributed by atoms with van der Waals surface area (Å²) < 4.78 is 5.40. The molecule has 7 nitrogen and oxygen atoms in total. The second kappa shape index (κ2) is 8.15. The molecule has 0 saturated carbocycles. The van der Waals surface area contributed by atoms with Crippen molar-refractivity contribution in [2.45, 2.75) is 57.5 Å². The number of rotatable bonds is 6. The van der Waals surface area contributed by atoms with Gasteiger partial charge in [0.15, 0.2) is 0 Å². The van der Waals surface area contributed by atoms with Crippen LogP contribution >= 0.6 is 0 Å². The fourth-order valence-corrected chi connectivity index (χ4v) is 3.32. The lowest BCUT2D eigenvalue weighted by Gasteiger charge is -2.42. The molecule has 2 saturated heterocycles. The quantitative estimate of drug-likeness (QED) is 0.735. The lowest BCUT2D eigenvalue weighted by molar-refractivity contribution is -0.126. The van der Waals surface area contributed by atoms with Crippen molar-refractivity contribution in [1.82, 2.24) is 10.2 Å². The van der Waals surface area contributed by atoms with E-state index in [4.69, 9.17) is 10.5 Å². The largest absolute Gasteiger partial charge is 0.381 e. The summed E-state index contributed by atoms with van der Waals surface area (Å²) in [7, 11) is 0. The molecule has 0 aliphatic carbocycles. The number of hydrogen-bond donors (Lipinski definition) is 2. The summed E-state index contributed by atoms with van der Waals surface area (Å²) in [6.07, 6.45) is 4.96. The number of carbonyl (C=O) groups is 2. The van der Waals surface area contributed by atoms with Gasteiger partial charge < -0.3 is 15.8 Å². The van der Waals surface area contributed by atoms with Gasteiger partial charge in [0.2, 0.25) is 11.8 Å². The number of piperidine rings is 1. The molecule has 25 heavy (non-hydrogen) atoms. The summed E-state index contributed by atoms with van der Waals surface area (Å²) >= 11 is 0. The van der Waals surface area contributed by atoms with Crippen LogP contribution in [0.1, 0.15) is 46.0 Å². The number of nitrogens with one attached hydrogen (secondary N) is 1. The first-order valence-corrected chi connectivity index (χ1v) is 8.96. The molecule has 0 unspecified atom stereocenters. The van der Waals surface area contributed by atoms with Crippen molar-refractivity contribution in [3.05, 3.63) is 6.42 Å². The first-order chi connectivity index (χ1) is 11.8. The number of primary amides is 1. The summed E-state index contributed by atoms with van der Waals surface area (Å²) in [5.74, 6) is -0.758. The van der Waals surface area contributed by atoms with Crippen LogP contribution < -0.4 is 11.1 Å². The number of ether oxygens (including phenoxy) is 1. The van der Waals surface area contributed by atoms with E-state index in [0.29, 0.717) is 18.9 Å². The molecule has 1 radical (unpaired) electrons. The van der Waals surface area contributed by atoms with Crippen molar-refractivity contribution in [3.63, 3.8) is 0 Å². The normalized spacial score (nSPS) is 22.1. The van der Waals surface area contributed by atoms with Crippen LogP contribution in [0.4, 0.5) is 0 Å². The average molecular weight is 349 g/mol. The smallest absolute Gasteiger partial charge is 0.225 e. The summed E-state index contributed by atoms with van der Waals surface area (Å²) in [6.45, 7) is 6.59. The molecule has 2 aliphatic rings. The van der Waals surface area contributed by atoms with Crippen LogP contribution in [0.25, 0.3) is 0 Å².